The minimum absolute atomic E-state index is 0.520. The van der Waals surface area contributed by atoms with Crippen molar-refractivity contribution >= 4 is 0 Å². The Morgan fingerprint density at radius 1 is 1.25 bits per heavy atom. The van der Waals surface area contributed by atoms with E-state index in [0.717, 1.165) is 39.2 Å². The summed E-state index contributed by atoms with van der Waals surface area (Å²) in [6.07, 6.45) is 2.37. The average molecular weight is 274 g/mol. The SMILES string of the molecule is CC(C)c1cccc2c1OCCCC2N1CCNCC1. The van der Waals surface area contributed by atoms with Crippen molar-refractivity contribution < 1.29 is 4.74 Å². The maximum atomic E-state index is 6.12. The summed E-state index contributed by atoms with van der Waals surface area (Å²) in [5.74, 6) is 1.69. The van der Waals surface area contributed by atoms with Crippen LogP contribution in [-0.4, -0.2) is 37.7 Å². The summed E-state index contributed by atoms with van der Waals surface area (Å²) in [6, 6.07) is 7.24. The summed E-state index contributed by atoms with van der Waals surface area (Å²) in [5.41, 5.74) is 2.78. The quantitative estimate of drug-likeness (QED) is 0.897. The molecule has 0 saturated carbocycles. The highest BCUT2D eigenvalue weighted by atomic mass is 16.5. The number of nitrogens with zero attached hydrogens (tertiary/aromatic N) is 1. The summed E-state index contributed by atoms with van der Waals surface area (Å²) in [7, 11) is 0. The Labute approximate surface area is 122 Å². The highest BCUT2D eigenvalue weighted by Gasteiger charge is 2.28. The first kappa shape index (κ1) is 13.9. The van der Waals surface area contributed by atoms with E-state index >= 15 is 0 Å². The Kier molecular flexibility index (Phi) is 4.27. The normalized spacial score (nSPS) is 24.1. The molecule has 0 bridgehead atoms. The van der Waals surface area contributed by atoms with Gasteiger partial charge in [0.05, 0.1) is 6.61 Å². The van der Waals surface area contributed by atoms with Crippen LogP contribution < -0.4 is 10.1 Å². The summed E-state index contributed by atoms with van der Waals surface area (Å²) in [4.78, 5) is 2.63. The molecule has 3 nitrogen and oxygen atoms in total. The summed E-state index contributed by atoms with van der Waals surface area (Å²) in [6.45, 7) is 9.88. The Morgan fingerprint density at radius 3 is 2.80 bits per heavy atom. The molecule has 3 rings (SSSR count). The van der Waals surface area contributed by atoms with Crippen molar-refractivity contribution in [1.82, 2.24) is 10.2 Å². The number of benzene rings is 1. The zero-order valence-corrected chi connectivity index (χ0v) is 12.7. The number of piperazine rings is 1. The number of para-hydroxylation sites is 1. The van der Waals surface area contributed by atoms with E-state index in [1.165, 1.54) is 23.3 Å². The molecule has 0 radical (unpaired) electrons. The molecule has 1 fully saturated rings. The van der Waals surface area contributed by atoms with Gasteiger partial charge in [-0.25, -0.2) is 0 Å². The van der Waals surface area contributed by atoms with Crippen LogP contribution >= 0.6 is 0 Å². The second kappa shape index (κ2) is 6.15. The predicted octanol–water partition coefficient (Wildman–Crippen LogP) is 2.93. The van der Waals surface area contributed by atoms with Gasteiger partial charge in [-0.15, -0.1) is 0 Å². The smallest absolute Gasteiger partial charge is 0.127 e. The Balaban J connectivity index is 1.96. The minimum Gasteiger partial charge on any atom is -0.493 e. The summed E-state index contributed by atoms with van der Waals surface area (Å²) < 4.78 is 6.12. The molecule has 1 N–H and O–H groups in total. The lowest BCUT2D eigenvalue weighted by molar-refractivity contribution is 0.165. The number of hydrogen-bond acceptors (Lipinski definition) is 3. The van der Waals surface area contributed by atoms with E-state index in [-0.39, 0.29) is 0 Å². The highest BCUT2D eigenvalue weighted by Crippen LogP contribution is 2.40. The maximum Gasteiger partial charge on any atom is 0.127 e. The standard InChI is InChI=1S/C17H26N2O/c1-13(2)14-5-3-6-15-16(7-4-12-20-17(14)15)19-10-8-18-9-11-19/h3,5-6,13,16,18H,4,7-12H2,1-2H3. The van der Waals surface area contributed by atoms with E-state index in [1.54, 1.807) is 0 Å². The third-order valence-corrected chi connectivity index (χ3v) is 4.52. The van der Waals surface area contributed by atoms with Crippen LogP contribution in [0.15, 0.2) is 18.2 Å². The largest absolute Gasteiger partial charge is 0.493 e. The van der Waals surface area contributed by atoms with Crippen LogP contribution in [0.25, 0.3) is 0 Å². The van der Waals surface area contributed by atoms with E-state index < -0.39 is 0 Å². The number of rotatable bonds is 2. The molecule has 2 heterocycles. The van der Waals surface area contributed by atoms with E-state index in [2.05, 4.69) is 42.3 Å². The van der Waals surface area contributed by atoms with Crippen molar-refractivity contribution in [2.75, 3.05) is 32.8 Å². The second-order valence-electron chi connectivity index (χ2n) is 6.21. The minimum atomic E-state index is 0.520. The van der Waals surface area contributed by atoms with E-state index in [1.807, 2.05) is 0 Å². The molecule has 2 aliphatic heterocycles. The van der Waals surface area contributed by atoms with Gasteiger partial charge in [0.1, 0.15) is 5.75 Å². The molecule has 1 aromatic rings. The first-order chi connectivity index (χ1) is 9.77. The molecule has 0 aliphatic carbocycles. The van der Waals surface area contributed by atoms with Gasteiger partial charge in [0.25, 0.3) is 0 Å². The zero-order chi connectivity index (χ0) is 13.9. The summed E-state index contributed by atoms with van der Waals surface area (Å²) >= 11 is 0. The van der Waals surface area contributed by atoms with Crippen molar-refractivity contribution in [3.05, 3.63) is 29.3 Å². The fourth-order valence-electron chi connectivity index (χ4n) is 3.44. The van der Waals surface area contributed by atoms with Crippen LogP contribution in [0.2, 0.25) is 0 Å². The number of hydrogen-bond donors (Lipinski definition) is 1. The predicted molar refractivity (Wildman–Crippen MR) is 82.4 cm³/mol. The number of ether oxygens (including phenoxy) is 1. The Hall–Kier alpha value is -1.06. The first-order valence-electron chi connectivity index (χ1n) is 7.97. The van der Waals surface area contributed by atoms with Crippen LogP contribution in [0.1, 0.15) is 49.8 Å². The molecule has 1 saturated heterocycles. The molecule has 0 aromatic heterocycles. The first-order valence-corrected chi connectivity index (χ1v) is 7.97. The third-order valence-electron chi connectivity index (χ3n) is 4.52. The van der Waals surface area contributed by atoms with E-state index in [4.69, 9.17) is 4.74 Å². The van der Waals surface area contributed by atoms with Crippen LogP contribution in [0, 0.1) is 0 Å². The van der Waals surface area contributed by atoms with Crippen LogP contribution in [0.3, 0.4) is 0 Å². The molecule has 0 amide bonds. The maximum absolute atomic E-state index is 6.12. The molecule has 3 heteroatoms. The lowest BCUT2D eigenvalue weighted by Gasteiger charge is -2.35. The Bertz CT molecular complexity index is 452. The van der Waals surface area contributed by atoms with Crippen LogP contribution in [0.5, 0.6) is 5.75 Å². The van der Waals surface area contributed by atoms with Crippen molar-refractivity contribution in [2.24, 2.45) is 0 Å². The Morgan fingerprint density at radius 2 is 2.05 bits per heavy atom. The summed E-state index contributed by atoms with van der Waals surface area (Å²) in [5, 5.41) is 3.45. The van der Waals surface area contributed by atoms with Crippen molar-refractivity contribution in [3.8, 4) is 5.75 Å². The zero-order valence-electron chi connectivity index (χ0n) is 12.7. The lowest BCUT2D eigenvalue weighted by Crippen LogP contribution is -2.45. The molecule has 1 atom stereocenters. The topological polar surface area (TPSA) is 24.5 Å². The average Bonchev–Trinajstić information content (AvgIpc) is 2.70. The lowest BCUT2D eigenvalue weighted by atomic mass is 9.93. The van der Waals surface area contributed by atoms with Crippen molar-refractivity contribution in [2.45, 2.75) is 38.6 Å². The van der Waals surface area contributed by atoms with Gasteiger partial charge >= 0.3 is 0 Å². The van der Waals surface area contributed by atoms with Gasteiger partial charge in [0.2, 0.25) is 0 Å². The molecule has 2 aliphatic rings. The van der Waals surface area contributed by atoms with Crippen LogP contribution in [0.4, 0.5) is 0 Å². The van der Waals surface area contributed by atoms with Gasteiger partial charge in [-0.05, 0) is 24.3 Å². The monoisotopic (exact) mass is 274 g/mol. The van der Waals surface area contributed by atoms with Gasteiger partial charge in [-0.2, -0.15) is 0 Å². The molecular weight excluding hydrogens is 248 g/mol. The van der Waals surface area contributed by atoms with Gasteiger partial charge in [0, 0.05) is 37.8 Å². The van der Waals surface area contributed by atoms with Crippen molar-refractivity contribution in [3.63, 3.8) is 0 Å². The van der Waals surface area contributed by atoms with Gasteiger partial charge in [-0.3, -0.25) is 4.90 Å². The van der Waals surface area contributed by atoms with E-state index in [9.17, 15) is 0 Å². The molecule has 1 unspecified atom stereocenters. The number of nitrogens with one attached hydrogen (secondary N) is 1. The fourth-order valence-corrected chi connectivity index (χ4v) is 3.44. The molecule has 110 valence electrons. The van der Waals surface area contributed by atoms with Gasteiger partial charge < -0.3 is 10.1 Å². The molecule has 1 aromatic carbocycles. The van der Waals surface area contributed by atoms with Gasteiger partial charge in [0.15, 0.2) is 0 Å². The van der Waals surface area contributed by atoms with E-state index in [0.29, 0.717) is 12.0 Å². The number of fused-ring (bicyclic) bond motifs is 1. The second-order valence-corrected chi connectivity index (χ2v) is 6.21. The highest BCUT2D eigenvalue weighted by molar-refractivity contribution is 5.45. The third kappa shape index (κ3) is 2.70. The molecule has 20 heavy (non-hydrogen) atoms. The van der Waals surface area contributed by atoms with Gasteiger partial charge in [-0.1, -0.05) is 32.0 Å². The molecule has 0 spiro atoms. The molecular formula is C17H26N2O. The van der Waals surface area contributed by atoms with Crippen LogP contribution in [-0.2, 0) is 0 Å². The fraction of sp³-hybridized carbons (Fsp3) is 0.647. The van der Waals surface area contributed by atoms with Crippen molar-refractivity contribution in [1.29, 1.82) is 0 Å².